The van der Waals surface area contributed by atoms with Crippen LogP contribution in [-0.2, 0) is 12.8 Å². The summed E-state index contributed by atoms with van der Waals surface area (Å²) in [4.78, 5) is 4.64. The van der Waals surface area contributed by atoms with Crippen molar-refractivity contribution in [3.63, 3.8) is 0 Å². The van der Waals surface area contributed by atoms with Crippen LogP contribution < -0.4 is 0 Å². The Morgan fingerprint density at radius 3 is 2.47 bits per heavy atom. The summed E-state index contributed by atoms with van der Waals surface area (Å²) in [5.74, 6) is 0. The van der Waals surface area contributed by atoms with Crippen molar-refractivity contribution in [1.29, 1.82) is 0 Å². The third kappa shape index (κ3) is 1.81. The second-order valence-electron chi connectivity index (χ2n) is 4.31. The van der Waals surface area contributed by atoms with Crippen LogP contribution in [0.25, 0.3) is 10.9 Å². The zero-order chi connectivity index (χ0) is 12.0. The molecule has 0 fully saturated rings. The van der Waals surface area contributed by atoms with Crippen molar-refractivity contribution in [1.82, 2.24) is 4.98 Å². The smallest absolute Gasteiger partial charge is 0.0921 e. The van der Waals surface area contributed by atoms with Gasteiger partial charge in [-0.05, 0) is 43.4 Å². The van der Waals surface area contributed by atoms with E-state index in [0.717, 1.165) is 46.4 Å². The summed E-state index contributed by atoms with van der Waals surface area (Å²) in [5, 5.41) is 2.76. The van der Waals surface area contributed by atoms with E-state index in [1.54, 1.807) is 12.1 Å². The molecule has 0 N–H and O–H groups in total. The first-order valence-electron chi connectivity index (χ1n) is 5.63. The van der Waals surface area contributed by atoms with E-state index in [9.17, 15) is 0 Å². The normalized spacial score (nSPS) is 15.0. The fourth-order valence-electron chi connectivity index (χ4n) is 2.39. The zero-order valence-corrected chi connectivity index (χ0v) is 11.3. The number of halogens is 3. The van der Waals surface area contributed by atoms with Crippen LogP contribution >= 0.6 is 34.8 Å². The summed E-state index contributed by atoms with van der Waals surface area (Å²) < 4.78 is 0. The Kier molecular flexibility index (Phi) is 2.94. The summed E-state index contributed by atoms with van der Waals surface area (Å²) in [7, 11) is 0. The maximum absolute atomic E-state index is 6.45. The van der Waals surface area contributed by atoms with Gasteiger partial charge in [0, 0.05) is 11.1 Å². The number of benzene rings is 1. The van der Waals surface area contributed by atoms with E-state index in [1.807, 2.05) is 0 Å². The first-order chi connectivity index (χ1) is 8.18. The molecular weight excluding hydrogens is 277 g/mol. The Morgan fingerprint density at radius 1 is 0.941 bits per heavy atom. The summed E-state index contributed by atoms with van der Waals surface area (Å²) >= 11 is 18.8. The Bertz CT molecular complexity index is 607. The monoisotopic (exact) mass is 285 g/mol. The van der Waals surface area contributed by atoms with Crippen molar-refractivity contribution in [3.8, 4) is 0 Å². The number of aromatic nitrogens is 1. The molecule has 1 aliphatic rings. The summed E-state index contributed by atoms with van der Waals surface area (Å²) in [6.07, 6.45) is 4.30. The lowest BCUT2D eigenvalue weighted by Crippen LogP contribution is -2.06. The molecule has 0 radical (unpaired) electrons. The highest BCUT2D eigenvalue weighted by molar-refractivity contribution is 6.45. The van der Waals surface area contributed by atoms with Gasteiger partial charge in [-0.15, -0.1) is 0 Å². The van der Waals surface area contributed by atoms with E-state index in [1.165, 1.54) is 6.42 Å². The van der Waals surface area contributed by atoms with Gasteiger partial charge in [-0.2, -0.15) is 0 Å². The minimum Gasteiger partial charge on any atom is -0.251 e. The van der Waals surface area contributed by atoms with Crippen LogP contribution in [0.3, 0.4) is 0 Å². The maximum Gasteiger partial charge on any atom is 0.0921 e. The Balaban J connectivity index is 2.44. The molecule has 1 aromatic heterocycles. The summed E-state index contributed by atoms with van der Waals surface area (Å²) in [5.41, 5.74) is 2.96. The van der Waals surface area contributed by atoms with E-state index in [2.05, 4.69) is 4.98 Å². The number of hydrogen-bond acceptors (Lipinski definition) is 1. The number of fused-ring (bicyclic) bond motifs is 2. The molecule has 0 unspecified atom stereocenters. The van der Waals surface area contributed by atoms with Crippen molar-refractivity contribution < 1.29 is 0 Å². The second kappa shape index (κ2) is 4.31. The predicted molar refractivity (Wildman–Crippen MR) is 73.4 cm³/mol. The molecule has 3 rings (SSSR count). The van der Waals surface area contributed by atoms with Gasteiger partial charge < -0.3 is 0 Å². The van der Waals surface area contributed by atoms with Crippen molar-refractivity contribution in [2.45, 2.75) is 25.7 Å². The van der Waals surface area contributed by atoms with Crippen LogP contribution in [0.5, 0.6) is 0 Å². The largest absolute Gasteiger partial charge is 0.251 e. The van der Waals surface area contributed by atoms with Gasteiger partial charge in [0.05, 0.1) is 20.6 Å². The SMILES string of the molecule is Clc1ccc(Cl)c2c(Cl)c3c(nc12)CCCC3. The lowest BCUT2D eigenvalue weighted by Gasteiger charge is -2.18. The molecule has 0 bridgehead atoms. The molecule has 0 atom stereocenters. The first-order valence-corrected chi connectivity index (χ1v) is 6.77. The summed E-state index contributed by atoms with van der Waals surface area (Å²) in [6, 6.07) is 3.54. The molecule has 88 valence electrons. The molecule has 1 aromatic carbocycles. The standard InChI is InChI=1S/C13H10Cl3N/c14-8-5-6-9(15)13-11(8)12(16)7-3-1-2-4-10(7)17-13/h5-6H,1-4H2. The molecular formula is C13H10Cl3N. The van der Waals surface area contributed by atoms with Crippen LogP contribution in [0, 0.1) is 0 Å². The van der Waals surface area contributed by atoms with Gasteiger partial charge in [-0.3, -0.25) is 4.98 Å². The Morgan fingerprint density at radius 2 is 1.65 bits per heavy atom. The average Bonchev–Trinajstić information content (AvgIpc) is 2.34. The molecule has 0 spiro atoms. The number of hydrogen-bond donors (Lipinski definition) is 0. The van der Waals surface area contributed by atoms with E-state index in [4.69, 9.17) is 34.8 Å². The van der Waals surface area contributed by atoms with Crippen molar-refractivity contribution in [2.75, 3.05) is 0 Å². The number of pyridine rings is 1. The molecule has 1 nitrogen and oxygen atoms in total. The molecule has 0 saturated carbocycles. The highest BCUT2D eigenvalue weighted by atomic mass is 35.5. The van der Waals surface area contributed by atoms with Gasteiger partial charge in [-0.1, -0.05) is 34.8 Å². The van der Waals surface area contributed by atoms with Crippen LogP contribution in [0.2, 0.25) is 15.1 Å². The number of nitrogens with zero attached hydrogens (tertiary/aromatic N) is 1. The molecule has 1 aliphatic carbocycles. The Labute approximate surface area is 115 Å². The van der Waals surface area contributed by atoms with Gasteiger partial charge in [0.2, 0.25) is 0 Å². The highest BCUT2D eigenvalue weighted by Gasteiger charge is 2.19. The van der Waals surface area contributed by atoms with Crippen molar-refractivity contribution >= 4 is 45.7 Å². The van der Waals surface area contributed by atoms with Gasteiger partial charge in [0.15, 0.2) is 0 Å². The van der Waals surface area contributed by atoms with Gasteiger partial charge >= 0.3 is 0 Å². The first kappa shape index (κ1) is 11.6. The number of aryl methyl sites for hydroxylation is 1. The van der Waals surface area contributed by atoms with Crippen molar-refractivity contribution in [3.05, 3.63) is 38.5 Å². The summed E-state index contributed by atoms with van der Waals surface area (Å²) in [6.45, 7) is 0. The molecule has 0 saturated heterocycles. The predicted octanol–water partition coefficient (Wildman–Crippen LogP) is 5.07. The molecule has 17 heavy (non-hydrogen) atoms. The lowest BCUT2D eigenvalue weighted by atomic mass is 9.94. The minimum absolute atomic E-state index is 0.611. The third-order valence-electron chi connectivity index (χ3n) is 3.25. The minimum atomic E-state index is 0.611. The molecule has 0 amide bonds. The van der Waals surface area contributed by atoms with Gasteiger partial charge in [0.25, 0.3) is 0 Å². The van der Waals surface area contributed by atoms with E-state index in [-0.39, 0.29) is 0 Å². The third-order valence-corrected chi connectivity index (χ3v) is 4.28. The Hall–Kier alpha value is -0.500. The van der Waals surface area contributed by atoms with Gasteiger partial charge in [0.1, 0.15) is 0 Å². The fraction of sp³-hybridized carbons (Fsp3) is 0.308. The molecule has 4 heteroatoms. The van der Waals surface area contributed by atoms with E-state index in [0.29, 0.717) is 10.0 Å². The molecule has 1 heterocycles. The highest BCUT2D eigenvalue weighted by Crippen LogP contribution is 2.38. The number of rotatable bonds is 0. The topological polar surface area (TPSA) is 12.9 Å². The average molecular weight is 287 g/mol. The molecule has 0 aliphatic heterocycles. The second-order valence-corrected chi connectivity index (χ2v) is 5.50. The fourth-order valence-corrected chi connectivity index (χ4v) is 3.28. The van der Waals surface area contributed by atoms with E-state index >= 15 is 0 Å². The van der Waals surface area contributed by atoms with Crippen LogP contribution in [0.4, 0.5) is 0 Å². The maximum atomic E-state index is 6.45. The van der Waals surface area contributed by atoms with Crippen LogP contribution in [0.15, 0.2) is 12.1 Å². The van der Waals surface area contributed by atoms with Gasteiger partial charge in [-0.25, -0.2) is 0 Å². The van der Waals surface area contributed by atoms with Crippen LogP contribution in [-0.4, -0.2) is 4.98 Å². The quantitative estimate of drug-likeness (QED) is 0.658. The zero-order valence-electron chi connectivity index (χ0n) is 9.06. The lowest BCUT2D eigenvalue weighted by molar-refractivity contribution is 0.671. The van der Waals surface area contributed by atoms with Crippen LogP contribution in [0.1, 0.15) is 24.1 Å². The van der Waals surface area contributed by atoms with Crippen molar-refractivity contribution in [2.24, 2.45) is 0 Å². The van der Waals surface area contributed by atoms with E-state index < -0.39 is 0 Å². The molecule has 2 aromatic rings.